The fourth-order valence-electron chi connectivity index (χ4n) is 2.89. The quantitative estimate of drug-likeness (QED) is 0.357. The van der Waals surface area contributed by atoms with Gasteiger partial charge in [-0.1, -0.05) is 0 Å². The normalized spacial score (nSPS) is 26.9. The van der Waals surface area contributed by atoms with Crippen LogP contribution in [0, 0.1) is 5.92 Å². The molecule has 0 spiro atoms. The van der Waals surface area contributed by atoms with Crippen LogP contribution in [0.5, 0.6) is 0 Å². The molecule has 1 aromatic rings. The Balaban J connectivity index is 0.000000371. The fourth-order valence-corrected chi connectivity index (χ4v) is 3.88. The van der Waals surface area contributed by atoms with E-state index in [-0.39, 0.29) is 0 Å². The molecule has 2 aliphatic rings. The molecular weight excluding hydrogens is 299 g/mol. The maximum atomic E-state index is 4.64. The van der Waals surface area contributed by atoms with Crippen LogP contribution in [0.3, 0.4) is 0 Å². The third-order valence-electron chi connectivity index (χ3n) is 3.59. The molecule has 0 amide bonds. The van der Waals surface area contributed by atoms with E-state index >= 15 is 0 Å². The Morgan fingerprint density at radius 1 is 1.06 bits per heavy atom. The number of hydrogen-bond acceptors (Lipinski definition) is 0. The average Bonchev–Trinajstić information content (AvgIpc) is 2.78. The van der Waals surface area contributed by atoms with E-state index in [9.17, 15) is 0 Å². The topological polar surface area (TPSA) is 0 Å². The minimum absolute atomic E-state index is 0.718. The predicted molar refractivity (Wildman–Crippen MR) is 77.3 cm³/mol. The third-order valence-corrected chi connectivity index (χ3v) is 4.74. The first kappa shape index (κ1) is 16.3. The van der Waals surface area contributed by atoms with Crippen molar-refractivity contribution in [3.05, 3.63) is 47.5 Å². The van der Waals surface area contributed by atoms with Crippen LogP contribution in [-0.2, 0) is 20.4 Å². The molecule has 3 unspecified atom stereocenters. The summed E-state index contributed by atoms with van der Waals surface area (Å²) in [6.07, 6.45) is 10.4. The standard InChI is InChI=1S/C13H13.2CH3Cl.Ti/c1-3-7-12-10(5-1)9-11-6-2-4-8-13(11)12;2*1-2;/h1,3-5,7-9,11,13H,2,6H2;2*1H3;. The zero-order valence-corrected chi connectivity index (χ0v) is 13.9. The molecule has 0 heterocycles. The van der Waals surface area contributed by atoms with Gasteiger partial charge in [0, 0.05) is 12.8 Å². The van der Waals surface area contributed by atoms with Gasteiger partial charge in [-0.05, 0) is 0 Å². The van der Waals surface area contributed by atoms with Gasteiger partial charge in [-0.25, -0.2) is 0 Å². The van der Waals surface area contributed by atoms with Gasteiger partial charge in [0.15, 0.2) is 0 Å². The van der Waals surface area contributed by atoms with Crippen LogP contribution < -0.4 is 0 Å². The molecule has 0 radical (unpaired) electrons. The van der Waals surface area contributed by atoms with Crippen LogP contribution in [0.2, 0.25) is 0 Å². The second-order valence-electron chi connectivity index (χ2n) is 4.30. The Morgan fingerprint density at radius 3 is 2.33 bits per heavy atom. The van der Waals surface area contributed by atoms with E-state index in [4.69, 9.17) is 0 Å². The summed E-state index contributed by atoms with van der Waals surface area (Å²) in [6.45, 7) is 0. The first-order valence-corrected chi connectivity index (χ1v) is 8.51. The Morgan fingerprint density at radius 2 is 1.67 bits per heavy atom. The SMILES string of the molecule is CCl.CCl.[Ti][CH]1c2ccccc2C2C=CCCC12. The van der Waals surface area contributed by atoms with Crippen molar-refractivity contribution in [3.63, 3.8) is 0 Å². The van der Waals surface area contributed by atoms with Crippen molar-refractivity contribution in [2.24, 2.45) is 5.92 Å². The second kappa shape index (κ2) is 8.43. The summed E-state index contributed by atoms with van der Waals surface area (Å²) in [4.78, 5) is 0. The van der Waals surface area contributed by atoms with Gasteiger partial charge in [-0.2, -0.15) is 0 Å². The Bertz CT molecular complexity index is 390. The molecule has 0 nitrogen and oxygen atoms in total. The maximum absolute atomic E-state index is 4.64. The summed E-state index contributed by atoms with van der Waals surface area (Å²) in [5.41, 5.74) is 3.18. The second-order valence-corrected chi connectivity index (χ2v) is 5.27. The summed E-state index contributed by atoms with van der Waals surface area (Å²) in [7, 11) is 0. The summed E-state index contributed by atoms with van der Waals surface area (Å²) >= 11 is 11.7. The molecule has 0 bridgehead atoms. The zero-order valence-electron chi connectivity index (χ0n) is 10.9. The Kier molecular flexibility index (Phi) is 7.64. The molecule has 3 rings (SSSR count). The molecule has 18 heavy (non-hydrogen) atoms. The van der Waals surface area contributed by atoms with Gasteiger partial charge in [-0.15, -0.1) is 23.2 Å². The molecule has 3 heteroatoms. The van der Waals surface area contributed by atoms with Gasteiger partial charge in [0.25, 0.3) is 0 Å². The van der Waals surface area contributed by atoms with Crippen molar-refractivity contribution in [2.45, 2.75) is 23.0 Å². The molecule has 3 atom stereocenters. The summed E-state index contributed by atoms with van der Waals surface area (Å²) in [5.74, 6) is 1.59. The van der Waals surface area contributed by atoms with Gasteiger partial charge in [-0.3, -0.25) is 0 Å². The van der Waals surface area contributed by atoms with Gasteiger partial charge >= 0.3 is 96.9 Å². The molecular formula is C15H19Cl2Ti. The molecule has 0 fully saturated rings. The van der Waals surface area contributed by atoms with E-state index in [1.165, 1.54) is 25.6 Å². The van der Waals surface area contributed by atoms with Crippen LogP contribution in [0.25, 0.3) is 0 Å². The number of rotatable bonds is 0. The number of halogens is 2. The molecule has 0 aliphatic heterocycles. The minimum atomic E-state index is 0.718. The van der Waals surface area contributed by atoms with Crippen LogP contribution in [0.1, 0.15) is 34.1 Å². The van der Waals surface area contributed by atoms with Crippen LogP contribution in [-0.4, -0.2) is 12.8 Å². The van der Waals surface area contributed by atoms with Crippen molar-refractivity contribution >= 4 is 23.2 Å². The van der Waals surface area contributed by atoms with Gasteiger partial charge in [0.05, 0.1) is 0 Å². The summed E-state index contributed by atoms with van der Waals surface area (Å²) in [6, 6.07) is 8.98. The molecule has 0 saturated carbocycles. The molecule has 1 aromatic carbocycles. The van der Waals surface area contributed by atoms with E-state index in [1.807, 2.05) is 0 Å². The first-order valence-electron chi connectivity index (χ1n) is 6.10. The van der Waals surface area contributed by atoms with Crippen LogP contribution >= 0.6 is 23.2 Å². The fraction of sp³-hybridized carbons (Fsp3) is 0.467. The van der Waals surface area contributed by atoms with E-state index in [1.54, 1.807) is 11.1 Å². The Labute approximate surface area is 132 Å². The number of alkyl halides is 2. The molecule has 0 saturated heterocycles. The number of fused-ring (bicyclic) bond motifs is 3. The zero-order chi connectivity index (χ0) is 13.5. The van der Waals surface area contributed by atoms with E-state index in [2.05, 4.69) is 80.1 Å². The predicted octanol–water partition coefficient (Wildman–Crippen LogP) is 5.05. The number of benzene rings is 1. The molecule has 0 N–H and O–H groups in total. The van der Waals surface area contributed by atoms with Crippen molar-refractivity contribution in [1.29, 1.82) is 0 Å². The van der Waals surface area contributed by atoms with Crippen LogP contribution in [0.4, 0.5) is 0 Å². The van der Waals surface area contributed by atoms with Crippen molar-refractivity contribution < 1.29 is 20.4 Å². The first-order chi connectivity index (χ1) is 8.88. The molecule has 97 valence electrons. The third kappa shape index (κ3) is 3.22. The van der Waals surface area contributed by atoms with E-state index in [0.717, 1.165) is 16.1 Å². The van der Waals surface area contributed by atoms with E-state index in [0.29, 0.717) is 0 Å². The Hall–Kier alpha value is 0.254. The summed E-state index contributed by atoms with van der Waals surface area (Å²) in [5, 5.41) is 0. The van der Waals surface area contributed by atoms with Crippen molar-refractivity contribution in [3.8, 4) is 0 Å². The number of hydrogen-bond donors (Lipinski definition) is 0. The average molecular weight is 318 g/mol. The van der Waals surface area contributed by atoms with Gasteiger partial charge < -0.3 is 0 Å². The number of allylic oxidation sites excluding steroid dienone is 2. The molecule has 2 aliphatic carbocycles. The van der Waals surface area contributed by atoms with Crippen molar-refractivity contribution in [1.82, 2.24) is 0 Å². The van der Waals surface area contributed by atoms with Gasteiger partial charge in [0.2, 0.25) is 0 Å². The van der Waals surface area contributed by atoms with Crippen molar-refractivity contribution in [2.75, 3.05) is 12.8 Å². The van der Waals surface area contributed by atoms with Gasteiger partial charge in [0.1, 0.15) is 0 Å². The van der Waals surface area contributed by atoms with E-state index < -0.39 is 0 Å². The summed E-state index contributed by atoms with van der Waals surface area (Å²) < 4.78 is 0.765. The molecule has 0 aromatic heterocycles. The van der Waals surface area contributed by atoms with Crippen LogP contribution in [0.15, 0.2) is 36.4 Å². The monoisotopic (exact) mass is 317 g/mol.